The highest BCUT2D eigenvalue weighted by atomic mass is 19.4. The van der Waals surface area contributed by atoms with E-state index < -0.39 is 30.0 Å². The highest BCUT2D eigenvalue weighted by Crippen LogP contribution is 2.35. The molecule has 2 rings (SSSR count). The predicted molar refractivity (Wildman–Crippen MR) is 80.1 cm³/mol. The van der Waals surface area contributed by atoms with Crippen molar-refractivity contribution >= 4 is 5.91 Å². The third-order valence-corrected chi connectivity index (χ3v) is 3.23. The molecule has 0 radical (unpaired) electrons. The summed E-state index contributed by atoms with van der Waals surface area (Å²) in [5.41, 5.74) is -0.495. The molecule has 0 saturated carbocycles. The Balaban J connectivity index is 1.83. The first-order valence-electron chi connectivity index (χ1n) is 7.17. The van der Waals surface area contributed by atoms with Crippen LogP contribution in [0.1, 0.15) is 11.1 Å². The van der Waals surface area contributed by atoms with Crippen molar-refractivity contribution in [1.29, 1.82) is 0 Å². The van der Waals surface area contributed by atoms with E-state index in [-0.39, 0.29) is 18.8 Å². The lowest BCUT2D eigenvalue weighted by atomic mass is 10.1. The van der Waals surface area contributed by atoms with E-state index in [2.05, 4.69) is 5.32 Å². The number of alkyl halides is 3. The van der Waals surface area contributed by atoms with Gasteiger partial charge in [0, 0.05) is 6.54 Å². The lowest BCUT2D eigenvalue weighted by Crippen LogP contribution is -2.31. The van der Waals surface area contributed by atoms with E-state index in [0.29, 0.717) is 5.56 Å². The molecule has 2 aromatic carbocycles. The second-order valence-electron chi connectivity index (χ2n) is 4.97. The summed E-state index contributed by atoms with van der Waals surface area (Å²) in [5.74, 6) is -1.36. The van der Waals surface area contributed by atoms with E-state index in [1.165, 1.54) is 18.2 Å². The minimum Gasteiger partial charge on any atom is -0.483 e. The molecule has 0 bridgehead atoms. The molecule has 0 saturated heterocycles. The van der Waals surface area contributed by atoms with Gasteiger partial charge in [0.05, 0.1) is 5.56 Å². The van der Waals surface area contributed by atoms with Crippen LogP contribution in [0.25, 0.3) is 0 Å². The van der Waals surface area contributed by atoms with Crippen molar-refractivity contribution in [2.75, 3.05) is 13.2 Å². The summed E-state index contributed by atoms with van der Waals surface area (Å²) >= 11 is 0. The Bertz CT molecular complexity index is 701. The molecule has 0 aliphatic rings. The van der Waals surface area contributed by atoms with Crippen molar-refractivity contribution in [3.8, 4) is 5.75 Å². The van der Waals surface area contributed by atoms with Gasteiger partial charge in [-0.3, -0.25) is 4.79 Å². The molecule has 0 fully saturated rings. The molecule has 0 atom stereocenters. The molecular formula is C17H15F4NO2. The van der Waals surface area contributed by atoms with E-state index in [1.807, 2.05) is 0 Å². The fourth-order valence-corrected chi connectivity index (χ4v) is 2.06. The van der Waals surface area contributed by atoms with Crippen molar-refractivity contribution in [2.24, 2.45) is 0 Å². The highest BCUT2D eigenvalue weighted by molar-refractivity contribution is 5.77. The SMILES string of the molecule is O=C(COc1ccccc1C(F)(F)F)NCCc1ccccc1F. The normalized spacial score (nSPS) is 11.2. The summed E-state index contributed by atoms with van der Waals surface area (Å²) in [4.78, 5) is 11.6. The van der Waals surface area contributed by atoms with Crippen LogP contribution in [-0.2, 0) is 17.4 Å². The van der Waals surface area contributed by atoms with Crippen LogP contribution in [0, 0.1) is 5.82 Å². The van der Waals surface area contributed by atoms with Gasteiger partial charge in [0.1, 0.15) is 11.6 Å². The predicted octanol–water partition coefficient (Wildman–Crippen LogP) is 3.58. The summed E-state index contributed by atoms with van der Waals surface area (Å²) in [6.45, 7) is -0.394. The number of hydrogen-bond acceptors (Lipinski definition) is 2. The average molecular weight is 341 g/mol. The van der Waals surface area contributed by atoms with Gasteiger partial charge in [-0.15, -0.1) is 0 Å². The number of benzene rings is 2. The first-order chi connectivity index (χ1) is 11.4. The molecule has 0 heterocycles. The zero-order chi connectivity index (χ0) is 17.6. The molecule has 0 spiro atoms. The van der Waals surface area contributed by atoms with E-state index in [1.54, 1.807) is 18.2 Å². The van der Waals surface area contributed by atoms with Gasteiger partial charge in [0.25, 0.3) is 5.91 Å². The van der Waals surface area contributed by atoms with Crippen LogP contribution >= 0.6 is 0 Å². The first kappa shape index (κ1) is 17.8. The maximum absolute atomic E-state index is 13.4. The van der Waals surface area contributed by atoms with Crippen molar-refractivity contribution in [3.05, 3.63) is 65.5 Å². The standard InChI is InChI=1S/C17H15F4NO2/c18-14-7-3-1-5-12(14)9-10-22-16(23)11-24-15-8-4-2-6-13(15)17(19,20)21/h1-8H,9-11H2,(H,22,23). The lowest BCUT2D eigenvalue weighted by molar-refractivity contribution is -0.139. The van der Waals surface area contributed by atoms with Crippen LogP contribution in [0.3, 0.4) is 0 Å². The summed E-state index contributed by atoms with van der Waals surface area (Å²) in [5, 5.41) is 2.47. The van der Waals surface area contributed by atoms with Gasteiger partial charge in [0.15, 0.2) is 6.61 Å². The second-order valence-corrected chi connectivity index (χ2v) is 4.97. The summed E-state index contributed by atoms with van der Waals surface area (Å²) in [6, 6.07) is 10.8. The number of rotatable bonds is 6. The average Bonchev–Trinajstić information content (AvgIpc) is 2.54. The molecule has 3 nitrogen and oxygen atoms in total. The van der Waals surface area contributed by atoms with Crippen molar-refractivity contribution in [3.63, 3.8) is 0 Å². The van der Waals surface area contributed by atoms with Crippen LogP contribution in [0.2, 0.25) is 0 Å². The van der Waals surface area contributed by atoms with E-state index >= 15 is 0 Å². The molecule has 2 aromatic rings. The van der Waals surface area contributed by atoms with Crippen LogP contribution in [0.5, 0.6) is 5.75 Å². The summed E-state index contributed by atoms with van der Waals surface area (Å²) in [7, 11) is 0. The molecule has 0 aliphatic carbocycles. The van der Waals surface area contributed by atoms with Gasteiger partial charge < -0.3 is 10.1 Å². The quantitative estimate of drug-likeness (QED) is 0.816. The zero-order valence-corrected chi connectivity index (χ0v) is 12.6. The third kappa shape index (κ3) is 4.97. The Morgan fingerprint density at radius 1 is 1.04 bits per heavy atom. The number of carbonyl (C=O) groups excluding carboxylic acids is 1. The number of halogens is 4. The number of ether oxygens (including phenoxy) is 1. The zero-order valence-electron chi connectivity index (χ0n) is 12.6. The van der Waals surface area contributed by atoms with Gasteiger partial charge in [0.2, 0.25) is 0 Å². The van der Waals surface area contributed by atoms with Gasteiger partial charge in [-0.05, 0) is 30.2 Å². The molecule has 0 unspecified atom stereocenters. The van der Waals surface area contributed by atoms with Crippen molar-refractivity contribution in [2.45, 2.75) is 12.6 Å². The Morgan fingerprint density at radius 2 is 1.71 bits per heavy atom. The topological polar surface area (TPSA) is 38.3 Å². The van der Waals surface area contributed by atoms with Crippen molar-refractivity contribution in [1.82, 2.24) is 5.32 Å². The molecular weight excluding hydrogens is 326 g/mol. The van der Waals surface area contributed by atoms with Gasteiger partial charge >= 0.3 is 6.18 Å². The molecule has 1 amide bonds. The molecule has 0 aliphatic heterocycles. The number of carbonyl (C=O) groups is 1. The van der Waals surface area contributed by atoms with E-state index in [4.69, 9.17) is 4.74 Å². The van der Waals surface area contributed by atoms with E-state index in [0.717, 1.165) is 12.1 Å². The Morgan fingerprint density at radius 3 is 2.42 bits per heavy atom. The molecule has 7 heteroatoms. The smallest absolute Gasteiger partial charge is 0.419 e. The minimum absolute atomic E-state index is 0.157. The van der Waals surface area contributed by atoms with E-state index in [9.17, 15) is 22.4 Å². The van der Waals surface area contributed by atoms with Gasteiger partial charge in [-0.25, -0.2) is 4.39 Å². The lowest BCUT2D eigenvalue weighted by Gasteiger charge is -2.13. The van der Waals surface area contributed by atoms with Crippen LogP contribution < -0.4 is 10.1 Å². The maximum Gasteiger partial charge on any atom is 0.419 e. The molecule has 1 N–H and O–H groups in total. The monoisotopic (exact) mass is 341 g/mol. The number of amides is 1. The number of hydrogen-bond donors (Lipinski definition) is 1. The Labute approximate surface area is 136 Å². The molecule has 128 valence electrons. The van der Waals surface area contributed by atoms with Crippen molar-refractivity contribution < 1.29 is 27.1 Å². The largest absolute Gasteiger partial charge is 0.483 e. The molecule has 0 aromatic heterocycles. The number of nitrogens with one attached hydrogen (secondary N) is 1. The highest BCUT2D eigenvalue weighted by Gasteiger charge is 2.34. The maximum atomic E-state index is 13.4. The fraction of sp³-hybridized carbons (Fsp3) is 0.235. The van der Waals surface area contributed by atoms with Crippen LogP contribution in [-0.4, -0.2) is 19.1 Å². The third-order valence-electron chi connectivity index (χ3n) is 3.23. The van der Waals surface area contributed by atoms with Crippen LogP contribution in [0.15, 0.2) is 48.5 Å². The second kappa shape index (κ2) is 7.81. The van der Waals surface area contributed by atoms with Crippen LogP contribution in [0.4, 0.5) is 17.6 Å². The summed E-state index contributed by atoms with van der Waals surface area (Å²) < 4.78 is 56.7. The van der Waals surface area contributed by atoms with Gasteiger partial charge in [-0.1, -0.05) is 30.3 Å². The molecule has 24 heavy (non-hydrogen) atoms. The Kier molecular flexibility index (Phi) is 5.78. The number of para-hydroxylation sites is 1. The Hall–Kier alpha value is -2.57. The minimum atomic E-state index is -4.56. The van der Waals surface area contributed by atoms with Gasteiger partial charge in [-0.2, -0.15) is 13.2 Å². The summed E-state index contributed by atoms with van der Waals surface area (Å²) in [6.07, 6.45) is -4.28. The fourth-order valence-electron chi connectivity index (χ4n) is 2.06. The first-order valence-corrected chi connectivity index (χ1v) is 7.17.